The average Bonchev–Trinajstić information content (AvgIpc) is 2.66. The minimum atomic E-state index is -3.87. The number of ketones is 1. The summed E-state index contributed by atoms with van der Waals surface area (Å²) in [6.07, 6.45) is 0.958. The number of sulfonamides is 1. The number of rotatable bonds is 8. The number of carbonyl (C=O) groups excluding carboxylic acids is 2. The number of esters is 1. The third-order valence-electron chi connectivity index (χ3n) is 3.82. The number of anilines is 1. The first-order chi connectivity index (χ1) is 13.2. The lowest BCUT2D eigenvalue weighted by atomic mass is 10.1. The lowest BCUT2D eigenvalue weighted by Gasteiger charge is -2.23. The van der Waals surface area contributed by atoms with Gasteiger partial charge >= 0.3 is 5.97 Å². The van der Waals surface area contributed by atoms with Crippen molar-refractivity contribution in [1.82, 2.24) is 0 Å². The van der Waals surface area contributed by atoms with Crippen LogP contribution in [0.15, 0.2) is 42.5 Å². The van der Waals surface area contributed by atoms with E-state index < -0.39 is 28.3 Å². The van der Waals surface area contributed by atoms with Crippen LogP contribution in [0, 0.1) is 0 Å². The molecule has 0 heterocycles. The fraction of sp³-hybridized carbons (Fsp3) is 0.263. The highest BCUT2D eigenvalue weighted by atomic mass is 35.5. The molecule has 0 bridgehead atoms. The molecule has 0 saturated heterocycles. The Morgan fingerprint density at radius 3 is 2.39 bits per heavy atom. The Labute approximate surface area is 168 Å². The lowest BCUT2D eigenvalue weighted by molar-refractivity contribution is 0.0601. The highest BCUT2D eigenvalue weighted by molar-refractivity contribution is 7.92. The smallest absolute Gasteiger partial charge is 0.340 e. The van der Waals surface area contributed by atoms with E-state index >= 15 is 0 Å². The van der Waals surface area contributed by atoms with Crippen molar-refractivity contribution in [3.05, 3.63) is 58.6 Å². The summed E-state index contributed by atoms with van der Waals surface area (Å²) in [5, 5.41) is 0.244. The van der Waals surface area contributed by atoms with Crippen LogP contribution in [0.5, 0.6) is 5.75 Å². The van der Waals surface area contributed by atoms with Gasteiger partial charge in [-0.1, -0.05) is 23.7 Å². The fourth-order valence-corrected chi connectivity index (χ4v) is 3.63. The average molecular weight is 426 g/mol. The molecule has 2 aromatic carbocycles. The molecule has 7 nitrogen and oxygen atoms in total. The molecule has 0 atom stereocenters. The molecule has 2 rings (SSSR count). The van der Waals surface area contributed by atoms with Crippen molar-refractivity contribution < 1.29 is 27.5 Å². The maximum absolute atomic E-state index is 12.7. The third-order valence-corrected chi connectivity index (χ3v) is 5.24. The van der Waals surface area contributed by atoms with Gasteiger partial charge in [0, 0.05) is 5.56 Å². The van der Waals surface area contributed by atoms with Gasteiger partial charge in [0.05, 0.1) is 42.8 Å². The molecule has 0 spiro atoms. The quantitative estimate of drug-likeness (QED) is 0.476. The zero-order valence-electron chi connectivity index (χ0n) is 15.6. The fourth-order valence-electron chi connectivity index (χ4n) is 2.52. The van der Waals surface area contributed by atoms with Crippen LogP contribution in [0.25, 0.3) is 0 Å². The monoisotopic (exact) mass is 425 g/mol. The van der Waals surface area contributed by atoms with Gasteiger partial charge in [-0.15, -0.1) is 0 Å². The molecule has 28 heavy (non-hydrogen) atoms. The van der Waals surface area contributed by atoms with E-state index in [1.54, 1.807) is 25.1 Å². The first-order valence-corrected chi connectivity index (χ1v) is 10.5. The molecule has 2 aromatic rings. The van der Waals surface area contributed by atoms with Crippen molar-refractivity contribution >= 4 is 39.1 Å². The van der Waals surface area contributed by atoms with Crippen LogP contribution < -0.4 is 9.04 Å². The van der Waals surface area contributed by atoms with Crippen molar-refractivity contribution in [2.75, 3.05) is 30.8 Å². The second kappa shape index (κ2) is 9.07. The number of ether oxygens (including phenoxy) is 2. The molecular weight excluding hydrogens is 406 g/mol. The van der Waals surface area contributed by atoms with E-state index in [4.69, 9.17) is 21.1 Å². The number of hydrogen-bond acceptors (Lipinski definition) is 6. The van der Waals surface area contributed by atoms with E-state index in [1.807, 2.05) is 0 Å². The Bertz CT molecular complexity index is 990. The number of halogens is 1. The van der Waals surface area contributed by atoms with E-state index in [-0.39, 0.29) is 21.8 Å². The van der Waals surface area contributed by atoms with Crippen molar-refractivity contribution in [3.63, 3.8) is 0 Å². The minimum Gasteiger partial charge on any atom is -0.492 e. The Balaban J connectivity index is 2.41. The van der Waals surface area contributed by atoms with E-state index in [0.717, 1.165) is 10.6 Å². The van der Waals surface area contributed by atoms with E-state index in [2.05, 4.69) is 0 Å². The number of hydrogen-bond donors (Lipinski definition) is 0. The molecule has 0 fully saturated rings. The molecule has 0 aliphatic heterocycles. The van der Waals surface area contributed by atoms with Gasteiger partial charge in [0.1, 0.15) is 5.75 Å². The summed E-state index contributed by atoms with van der Waals surface area (Å²) in [7, 11) is -2.67. The normalized spacial score (nSPS) is 11.0. The second-order valence-electron chi connectivity index (χ2n) is 5.78. The minimum absolute atomic E-state index is 0.0351. The van der Waals surface area contributed by atoms with Gasteiger partial charge in [0.25, 0.3) is 0 Å². The molecule has 0 N–H and O–H groups in total. The molecule has 0 amide bonds. The Hall–Kier alpha value is -2.58. The van der Waals surface area contributed by atoms with Crippen LogP contribution in [-0.4, -0.2) is 46.7 Å². The number of methoxy groups -OCH3 is 1. The molecule has 150 valence electrons. The highest BCUT2D eigenvalue weighted by Crippen LogP contribution is 2.27. The molecule has 0 saturated carbocycles. The topological polar surface area (TPSA) is 90.0 Å². The summed E-state index contributed by atoms with van der Waals surface area (Å²) in [6, 6.07) is 10.5. The summed E-state index contributed by atoms with van der Waals surface area (Å²) in [4.78, 5) is 24.7. The summed E-state index contributed by atoms with van der Waals surface area (Å²) >= 11 is 6.11. The maximum atomic E-state index is 12.7. The van der Waals surface area contributed by atoms with E-state index in [9.17, 15) is 18.0 Å². The van der Waals surface area contributed by atoms with Gasteiger partial charge in [0.2, 0.25) is 10.0 Å². The summed E-state index contributed by atoms with van der Waals surface area (Å²) in [5.41, 5.74) is 0.313. The van der Waals surface area contributed by atoms with E-state index in [1.165, 1.54) is 31.4 Å². The maximum Gasteiger partial charge on any atom is 0.340 e. The molecule has 0 aromatic heterocycles. The van der Waals surface area contributed by atoms with Crippen LogP contribution >= 0.6 is 11.6 Å². The van der Waals surface area contributed by atoms with Gasteiger partial charge in [-0.25, -0.2) is 13.2 Å². The summed E-state index contributed by atoms with van der Waals surface area (Å²) in [6.45, 7) is 1.72. The van der Waals surface area contributed by atoms with Crippen LogP contribution in [0.3, 0.4) is 0 Å². The Morgan fingerprint density at radius 2 is 1.82 bits per heavy atom. The highest BCUT2D eigenvalue weighted by Gasteiger charge is 2.26. The second-order valence-corrected chi connectivity index (χ2v) is 8.09. The zero-order chi connectivity index (χ0) is 20.9. The molecular formula is C19H20ClNO6S. The molecule has 0 unspecified atom stereocenters. The predicted octanol–water partition coefficient (Wildman–Crippen LogP) is 3.17. The van der Waals surface area contributed by atoms with E-state index in [0.29, 0.717) is 12.4 Å². The number of para-hydroxylation sites is 1. The van der Waals surface area contributed by atoms with Crippen LogP contribution in [0.2, 0.25) is 5.02 Å². The molecule has 0 aliphatic rings. The Morgan fingerprint density at radius 1 is 1.14 bits per heavy atom. The first-order valence-electron chi connectivity index (χ1n) is 8.29. The number of benzene rings is 2. The molecule has 9 heteroatoms. The van der Waals surface area contributed by atoms with Crippen LogP contribution in [-0.2, 0) is 14.8 Å². The van der Waals surface area contributed by atoms with Gasteiger partial charge < -0.3 is 9.47 Å². The van der Waals surface area contributed by atoms with Gasteiger partial charge in [-0.3, -0.25) is 9.10 Å². The van der Waals surface area contributed by atoms with Crippen molar-refractivity contribution in [2.24, 2.45) is 0 Å². The largest absolute Gasteiger partial charge is 0.492 e. The van der Waals surface area contributed by atoms with Crippen molar-refractivity contribution in [1.29, 1.82) is 0 Å². The first kappa shape index (κ1) is 21.7. The molecule has 0 aliphatic carbocycles. The Kier molecular flexibility index (Phi) is 7.04. The lowest BCUT2D eigenvalue weighted by Crippen LogP contribution is -2.36. The van der Waals surface area contributed by atoms with Gasteiger partial charge in [-0.05, 0) is 37.3 Å². The SMILES string of the molecule is CCOc1ccc(C(=O)CN(c2ccccc2C(=O)OC)S(C)(=O)=O)cc1Cl. The van der Waals surface area contributed by atoms with Gasteiger partial charge in [0.15, 0.2) is 5.78 Å². The number of Topliss-reactive ketones (excluding diaryl/α,β-unsaturated/α-hetero) is 1. The van der Waals surface area contributed by atoms with Crippen molar-refractivity contribution in [3.8, 4) is 5.75 Å². The van der Waals surface area contributed by atoms with Crippen molar-refractivity contribution in [2.45, 2.75) is 6.92 Å². The standard InChI is InChI=1S/C19H20ClNO6S/c1-4-27-18-10-9-13(11-15(18)20)17(22)12-21(28(3,24)25)16-8-6-5-7-14(16)19(23)26-2/h5-11H,4,12H2,1-3H3. The summed E-state index contributed by atoms with van der Waals surface area (Å²) < 4.78 is 35.6. The van der Waals surface area contributed by atoms with Crippen LogP contribution in [0.4, 0.5) is 5.69 Å². The van der Waals surface area contributed by atoms with Crippen LogP contribution in [0.1, 0.15) is 27.6 Å². The third kappa shape index (κ3) is 5.02. The number of nitrogens with zero attached hydrogens (tertiary/aromatic N) is 1. The molecule has 0 radical (unpaired) electrons. The summed E-state index contributed by atoms with van der Waals surface area (Å²) in [5.74, 6) is -0.771. The number of carbonyl (C=O) groups is 2. The predicted molar refractivity (Wildman–Crippen MR) is 107 cm³/mol. The zero-order valence-corrected chi connectivity index (χ0v) is 17.2. The van der Waals surface area contributed by atoms with Gasteiger partial charge in [-0.2, -0.15) is 0 Å².